The minimum Gasteiger partial charge on any atom is -0.469 e. The molecule has 0 aromatic carbocycles. The number of esters is 1. The van der Waals surface area contributed by atoms with Gasteiger partial charge in [-0.1, -0.05) is 43.9 Å². The lowest BCUT2D eigenvalue weighted by atomic mass is 10.1. The van der Waals surface area contributed by atoms with Crippen LogP contribution in [0.5, 0.6) is 0 Å². The zero-order valence-electron chi connectivity index (χ0n) is 20.4. The molecular formula is C24H27N5O5S2. The fraction of sp³-hybridized carbons (Fsp3) is 0.417. The number of amides is 2. The number of piperazine rings is 1. The van der Waals surface area contributed by atoms with Crippen LogP contribution in [0.3, 0.4) is 0 Å². The number of pyridine rings is 1. The Labute approximate surface area is 217 Å². The highest BCUT2D eigenvalue weighted by Gasteiger charge is 2.36. The number of hydrogen-bond donors (Lipinski definition) is 1. The number of thioether (sulfide) groups is 1. The zero-order chi connectivity index (χ0) is 26.1. The smallest absolute Gasteiger partial charge is 0.308 e. The van der Waals surface area contributed by atoms with E-state index in [9.17, 15) is 19.2 Å². The van der Waals surface area contributed by atoms with Crippen molar-refractivity contribution in [3.8, 4) is 0 Å². The Morgan fingerprint density at radius 2 is 2.08 bits per heavy atom. The van der Waals surface area contributed by atoms with Crippen LogP contribution < -0.4 is 15.8 Å². The van der Waals surface area contributed by atoms with Gasteiger partial charge in [0.1, 0.15) is 21.8 Å². The summed E-state index contributed by atoms with van der Waals surface area (Å²) in [7, 11) is 1.25. The number of aryl methyl sites for hydroxylation is 1. The Hall–Kier alpha value is -3.25. The van der Waals surface area contributed by atoms with E-state index in [0.717, 1.165) is 17.3 Å². The van der Waals surface area contributed by atoms with Crippen molar-refractivity contribution in [2.45, 2.75) is 33.2 Å². The second-order valence-electron chi connectivity index (χ2n) is 9.06. The van der Waals surface area contributed by atoms with Crippen LogP contribution >= 0.6 is 24.0 Å². The van der Waals surface area contributed by atoms with Gasteiger partial charge in [-0.3, -0.25) is 28.5 Å². The lowest BCUT2D eigenvalue weighted by molar-refractivity contribution is -0.143. The van der Waals surface area contributed by atoms with Crippen molar-refractivity contribution in [3.63, 3.8) is 0 Å². The number of nitrogens with one attached hydrogen (secondary N) is 1. The highest BCUT2D eigenvalue weighted by atomic mass is 32.2. The summed E-state index contributed by atoms with van der Waals surface area (Å²) >= 11 is 6.55. The minimum atomic E-state index is -0.923. The second-order valence-corrected chi connectivity index (χ2v) is 10.7. The fourth-order valence-corrected chi connectivity index (χ4v) is 5.42. The van der Waals surface area contributed by atoms with E-state index in [1.165, 1.54) is 22.5 Å². The van der Waals surface area contributed by atoms with Crippen LogP contribution in [0.15, 0.2) is 28.0 Å². The molecule has 0 saturated carbocycles. The molecule has 0 spiro atoms. The number of rotatable bonds is 6. The van der Waals surface area contributed by atoms with Crippen LogP contribution in [-0.4, -0.2) is 69.2 Å². The van der Waals surface area contributed by atoms with E-state index < -0.39 is 17.6 Å². The number of methoxy groups -OCH3 is 1. The normalized spacial score (nSPS) is 19.5. The van der Waals surface area contributed by atoms with Gasteiger partial charge in [0.2, 0.25) is 5.91 Å². The second kappa shape index (κ2) is 10.4. The molecule has 2 saturated heterocycles. The molecule has 0 bridgehead atoms. The minimum absolute atomic E-state index is 0.146. The van der Waals surface area contributed by atoms with Crippen molar-refractivity contribution in [3.05, 3.63) is 44.7 Å². The summed E-state index contributed by atoms with van der Waals surface area (Å²) in [4.78, 5) is 59.9. The molecule has 2 aromatic rings. The van der Waals surface area contributed by atoms with Crippen molar-refractivity contribution in [2.24, 2.45) is 5.92 Å². The number of nitrogens with zero attached hydrogens (tertiary/aromatic N) is 4. The first-order valence-corrected chi connectivity index (χ1v) is 12.7. The number of thiocarbonyl (C=S) groups is 1. The lowest BCUT2D eigenvalue weighted by Crippen LogP contribution is -2.57. The van der Waals surface area contributed by atoms with Gasteiger partial charge in [0.25, 0.3) is 11.5 Å². The van der Waals surface area contributed by atoms with Crippen LogP contribution in [0.2, 0.25) is 0 Å². The lowest BCUT2D eigenvalue weighted by Gasteiger charge is -2.36. The highest BCUT2D eigenvalue weighted by molar-refractivity contribution is 8.26. The van der Waals surface area contributed by atoms with Crippen molar-refractivity contribution >= 4 is 63.6 Å². The summed E-state index contributed by atoms with van der Waals surface area (Å²) in [5.41, 5.74) is 0.991. The topological polar surface area (TPSA) is 113 Å². The summed E-state index contributed by atoms with van der Waals surface area (Å²) in [5.74, 6) is -0.773. The SMILES string of the molecule is COC(=O)C[C@H]1C(=O)NCCN1c1nc2ccc(C)cn2c(=O)c1/C=C1\SC(=S)N(CC(C)C)C1=O. The van der Waals surface area contributed by atoms with E-state index >= 15 is 0 Å². The Morgan fingerprint density at radius 1 is 1.33 bits per heavy atom. The van der Waals surface area contributed by atoms with E-state index in [0.29, 0.717) is 34.5 Å². The maximum Gasteiger partial charge on any atom is 0.308 e. The predicted octanol–water partition coefficient (Wildman–Crippen LogP) is 1.73. The first-order chi connectivity index (χ1) is 17.1. The van der Waals surface area contributed by atoms with Crippen molar-refractivity contribution in [2.75, 3.05) is 31.6 Å². The van der Waals surface area contributed by atoms with Gasteiger partial charge in [-0.2, -0.15) is 0 Å². The monoisotopic (exact) mass is 529 g/mol. The number of fused-ring (bicyclic) bond motifs is 1. The molecule has 1 atom stereocenters. The Balaban J connectivity index is 1.89. The molecule has 36 heavy (non-hydrogen) atoms. The van der Waals surface area contributed by atoms with Gasteiger partial charge in [-0.05, 0) is 30.5 Å². The van der Waals surface area contributed by atoms with Crippen LogP contribution in [0, 0.1) is 12.8 Å². The highest BCUT2D eigenvalue weighted by Crippen LogP contribution is 2.34. The van der Waals surface area contributed by atoms with Gasteiger partial charge >= 0.3 is 5.97 Å². The van der Waals surface area contributed by atoms with Crippen molar-refractivity contribution < 1.29 is 19.1 Å². The largest absolute Gasteiger partial charge is 0.469 e. The maximum atomic E-state index is 13.7. The maximum absolute atomic E-state index is 13.7. The molecule has 2 aromatic heterocycles. The van der Waals surface area contributed by atoms with Crippen LogP contribution in [0.4, 0.5) is 5.82 Å². The first kappa shape index (κ1) is 25.8. The summed E-state index contributed by atoms with van der Waals surface area (Å²) in [5, 5.41) is 2.75. The van der Waals surface area contributed by atoms with Crippen molar-refractivity contribution in [1.82, 2.24) is 19.6 Å². The van der Waals surface area contributed by atoms with Gasteiger partial charge in [0, 0.05) is 25.8 Å². The Bertz CT molecular complexity index is 1350. The molecule has 2 fully saturated rings. The van der Waals surface area contributed by atoms with Crippen LogP contribution in [0.25, 0.3) is 11.7 Å². The van der Waals surface area contributed by atoms with Gasteiger partial charge < -0.3 is 15.0 Å². The third-order valence-corrected chi connectivity index (χ3v) is 7.25. The molecule has 10 nitrogen and oxygen atoms in total. The van der Waals surface area contributed by atoms with Gasteiger partial charge in [-0.25, -0.2) is 4.98 Å². The van der Waals surface area contributed by atoms with E-state index in [-0.39, 0.29) is 35.5 Å². The fourth-order valence-electron chi connectivity index (χ4n) is 4.16. The Kier molecular flexibility index (Phi) is 7.46. The average Bonchev–Trinajstić information content (AvgIpc) is 3.09. The zero-order valence-corrected chi connectivity index (χ0v) is 22.1. The molecular weight excluding hydrogens is 502 g/mol. The summed E-state index contributed by atoms with van der Waals surface area (Å²) in [6, 6.07) is 2.62. The third-order valence-electron chi connectivity index (χ3n) is 5.87. The molecule has 12 heteroatoms. The number of ether oxygens (including phenoxy) is 1. The standard InChI is InChI=1S/C24H27N5O5S2/c1-13(2)11-29-23(33)17(36-24(29)35)9-15-20(26-18-6-5-14(3)12-28(18)22(15)32)27-8-7-25-21(31)16(27)10-19(30)34-4/h5-6,9,12-13,16H,7-8,10-11H2,1-4H3,(H,25,31)/b17-9-/t16-/m0/s1. The summed E-state index contributed by atoms with van der Waals surface area (Å²) < 4.78 is 6.63. The van der Waals surface area contributed by atoms with Crippen molar-refractivity contribution in [1.29, 1.82) is 0 Å². The van der Waals surface area contributed by atoms with Gasteiger partial charge in [0.15, 0.2) is 0 Å². The number of anilines is 1. The van der Waals surface area contributed by atoms with E-state index in [1.54, 1.807) is 17.2 Å². The van der Waals surface area contributed by atoms with E-state index in [1.807, 2.05) is 26.8 Å². The molecule has 2 aliphatic rings. The van der Waals surface area contributed by atoms with Crippen LogP contribution in [0.1, 0.15) is 31.4 Å². The first-order valence-electron chi connectivity index (χ1n) is 11.5. The van der Waals surface area contributed by atoms with Gasteiger partial charge in [0.05, 0.1) is 24.0 Å². The molecule has 4 heterocycles. The molecule has 190 valence electrons. The quantitative estimate of drug-likeness (QED) is 0.340. The Morgan fingerprint density at radius 3 is 2.78 bits per heavy atom. The summed E-state index contributed by atoms with van der Waals surface area (Å²) in [6.07, 6.45) is 2.96. The molecule has 1 N–H and O–H groups in total. The summed E-state index contributed by atoms with van der Waals surface area (Å²) in [6.45, 7) is 6.93. The van der Waals surface area contributed by atoms with Gasteiger partial charge in [-0.15, -0.1) is 0 Å². The number of hydrogen-bond acceptors (Lipinski definition) is 9. The molecule has 0 unspecified atom stereocenters. The van der Waals surface area contributed by atoms with E-state index in [4.69, 9.17) is 21.9 Å². The van der Waals surface area contributed by atoms with E-state index in [2.05, 4.69) is 5.32 Å². The average molecular weight is 530 g/mol. The molecule has 2 aliphatic heterocycles. The molecule has 4 rings (SSSR count). The van der Waals surface area contributed by atoms with Crippen LogP contribution in [-0.2, 0) is 19.1 Å². The predicted molar refractivity (Wildman–Crippen MR) is 142 cm³/mol. The molecule has 0 aliphatic carbocycles. The third kappa shape index (κ3) is 5.00. The number of aromatic nitrogens is 2. The molecule has 0 radical (unpaired) electrons. The number of carbonyl (C=O) groups excluding carboxylic acids is 3. The number of carbonyl (C=O) groups is 3. The molecule has 2 amide bonds.